The summed E-state index contributed by atoms with van der Waals surface area (Å²) in [7, 11) is 0. The van der Waals surface area contributed by atoms with E-state index in [2.05, 4.69) is 36.4 Å². The van der Waals surface area contributed by atoms with E-state index in [1.165, 1.54) is 0 Å². The fraction of sp³-hybridized carbons (Fsp3) is 0.200. The SMILES string of the molecule is CCOC(=S)CC(=O)CC(c1ccccc1)(c1ccccc1)c1ccccc1. The molecule has 0 aliphatic carbocycles. The molecule has 3 rings (SSSR count). The van der Waals surface area contributed by atoms with Crippen molar-refractivity contribution in [1.82, 2.24) is 0 Å². The fourth-order valence-corrected chi connectivity index (χ4v) is 3.98. The molecular weight excluding hydrogens is 364 g/mol. The van der Waals surface area contributed by atoms with E-state index in [0.29, 0.717) is 18.1 Å². The number of Topliss-reactive ketones (excluding diaryl/α,β-unsaturated/α-hetero) is 1. The number of hydrogen-bond acceptors (Lipinski definition) is 3. The molecule has 0 saturated carbocycles. The number of hydrogen-bond donors (Lipinski definition) is 0. The standard InChI is InChI=1S/C25H24O2S/c1-2-27-24(28)18-23(26)19-25(20-12-6-3-7-13-20,21-14-8-4-9-15-21)22-16-10-5-11-17-22/h3-17H,2,18-19H2,1H3. The molecule has 0 spiro atoms. The van der Waals surface area contributed by atoms with Gasteiger partial charge >= 0.3 is 0 Å². The summed E-state index contributed by atoms with van der Waals surface area (Å²) in [4.78, 5) is 13.1. The molecule has 0 fully saturated rings. The van der Waals surface area contributed by atoms with Crippen LogP contribution in [0.5, 0.6) is 0 Å². The van der Waals surface area contributed by atoms with Crippen molar-refractivity contribution in [2.75, 3.05) is 6.61 Å². The third kappa shape index (κ3) is 4.37. The molecule has 142 valence electrons. The maximum Gasteiger partial charge on any atom is 0.167 e. The third-order valence-electron chi connectivity index (χ3n) is 4.91. The number of carbonyl (C=O) groups excluding carboxylic acids is 1. The second kappa shape index (κ2) is 9.43. The van der Waals surface area contributed by atoms with Crippen molar-refractivity contribution in [1.29, 1.82) is 0 Å². The van der Waals surface area contributed by atoms with Crippen molar-refractivity contribution in [3.63, 3.8) is 0 Å². The Morgan fingerprint density at radius 1 is 0.786 bits per heavy atom. The molecule has 3 heteroatoms. The predicted molar refractivity (Wildman–Crippen MR) is 118 cm³/mol. The van der Waals surface area contributed by atoms with E-state index in [9.17, 15) is 4.79 Å². The molecular formula is C25H24O2S. The molecule has 0 radical (unpaired) electrons. The highest BCUT2D eigenvalue weighted by atomic mass is 32.1. The Morgan fingerprint density at radius 2 is 1.18 bits per heavy atom. The Bertz CT molecular complexity index is 808. The van der Waals surface area contributed by atoms with Crippen LogP contribution in [0.25, 0.3) is 0 Å². The van der Waals surface area contributed by atoms with E-state index >= 15 is 0 Å². The molecule has 0 N–H and O–H groups in total. The monoisotopic (exact) mass is 388 g/mol. The molecule has 0 aliphatic heterocycles. The van der Waals surface area contributed by atoms with Crippen LogP contribution in [0, 0.1) is 0 Å². The molecule has 0 atom stereocenters. The highest BCUT2D eigenvalue weighted by molar-refractivity contribution is 7.80. The highest BCUT2D eigenvalue weighted by Gasteiger charge is 2.38. The number of ketones is 1. The Balaban J connectivity index is 2.14. The van der Waals surface area contributed by atoms with Crippen LogP contribution in [0.2, 0.25) is 0 Å². The fourth-order valence-electron chi connectivity index (χ4n) is 3.71. The summed E-state index contributed by atoms with van der Waals surface area (Å²) in [6, 6.07) is 30.7. The molecule has 0 bridgehead atoms. The third-order valence-corrected chi connectivity index (χ3v) is 5.17. The van der Waals surface area contributed by atoms with Gasteiger partial charge in [-0.1, -0.05) is 91.0 Å². The molecule has 0 aromatic heterocycles. The van der Waals surface area contributed by atoms with Crippen LogP contribution >= 0.6 is 12.2 Å². The van der Waals surface area contributed by atoms with Gasteiger partial charge in [0, 0.05) is 6.42 Å². The zero-order chi connectivity index (χ0) is 19.8. The maximum atomic E-state index is 13.1. The van der Waals surface area contributed by atoms with E-state index in [1.807, 2.05) is 61.5 Å². The number of rotatable bonds is 8. The lowest BCUT2D eigenvalue weighted by Crippen LogP contribution is -2.33. The number of benzene rings is 3. The van der Waals surface area contributed by atoms with Crippen LogP contribution in [0.4, 0.5) is 0 Å². The molecule has 0 aliphatic rings. The molecule has 0 saturated heterocycles. The van der Waals surface area contributed by atoms with Gasteiger partial charge < -0.3 is 4.74 Å². The summed E-state index contributed by atoms with van der Waals surface area (Å²) in [5.41, 5.74) is 2.68. The topological polar surface area (TPSA) is 26.3 Å². The van der Waals surface area contributed by atoms with Gasteiger partial charge in [0.05, 0.1) is 18.4 Å². The molecule has 2 nitrogen and oxygen atoms in total. The van der Waals surface area contributed by atoms with Crippen LogP contribution in [0.15, 0.2) is 91.0 Å². The van der Waals surface area contributed by atoms with Gasteiger partial charge in [0.25, 0.3) is 0 Å². The van der Waals surface area contributed by atoms with Gasteiger partial charge in [0.1, 0.15) is 5.78 Å². The van der Waals surface area contributed by atoms with Gasteiger partial charge in [-0.15, -0.1) is 0 Å². The summed E-state index contributed by atoms with van der Waals surface area (Å²) in [6.07, 6.45) is 0.468. The first-order chi connectivity index (χ1) is 13.7. The summed E-state index contributed by atoms with van der Waals surface area (Å²) in [5, 5.41) is 0.357. The van der Waals surface area contributed by atoms with Crippen molar-refractivity contribution in [3.8, 4) is 0 Å². The summed E-state index contributed by atoms with van der Waals surface area (Å²) in [6.45, 7) is 2.35. The van der Waals surface area contributed by atoms with Crippen LogP contribution < -0.4 is 0 Å². The van der Waals surface area contributed by atoms with Crippen LogP contribution in [0.1, 0.15) is 36.5 Å². The zero-order valence-electron chi connectivity index (χ0n) is 16.0. The molecule has 3 aromatic carbocycles. The second-order valence-electron chi connectivity index (χ2n) is 6.70. The van der Waals surface area contributed by atoms with Gasteiger partial charge in [-0.05, 0) is 35.8 Å². The van der Waals surface area contributed by atoms with Gasteiger partial charge in [-0.3, -0.25) is 4.79 Å². The first-order valence-electron chi connectivity index (χ1n) is 9.50. The quantitative estimate of drug-likeness (QED) is 0.364. The second-order valence-corrected chi connectivity index (χ2v) is 7.16. The lowest BCUT2D eigenvalue weighted by atomic mass is 9.66. The van der Waals surface area contributed by atoms with E-state index in [1.54, 1.807) is 0 Å². The Kier molecular flexibility index (Phi) is 6.72. The molecule has 0 amide bonds. The van der Waals surface area contributed by atoms with Crippen LogP contribution in [0.3, 0.4) is 0 Å². The van der Waals surface area contributed by atoms with E-state index in [0.717, 1.165) is 16.7 Å². The average molecular weight is 389 g/mol. The molecule has 3 aromatic rings. The summed E-state index contributed by atoms with van der Waals surface area (Å²) < 4.78 is 5.35. The lowest BCUT2D eigenvalue weighted by Gasteiger charge is -2.35. The van der Waals surface area contributed by atoms with Gasteiger partial charge in [-0.2, -0.15) is 0 Å². The Hall–Kier alpha value is -2.78. The minimum absolute atomic E-state index is 0.0648. The van der Waals surface area contributed by atoms with Crippen molar-refractivity contribution in [3.05, 3.63) is 108 Å². The first-order valence-corrected chi connectivity index (χ1v) is 9.91. The van der Waals surface area contributed by atoms with Crippen LogP contribution in [-0.2, 0) is 14.9 Å². The van der Waals surface area contributed by atoms with E-state index in [-0.39, 0.29) is 12.2 Å². The summed E-state index contributed by atoms with van der Waals surface area (Å²) in [5.74, 6) is 0.0648. The van der Waals surface area contributed by atoms with Crippen LogP contribution in [-0.4, -0.2) is 17.4 Å². The van der Waals surface area contributed by atoms with Crippen molar-refractivity contribution in [2.24, 2.45) is 0 Å². The number of thiocarbonyl (C=S) groups is 1. The average Bonchev–Trinajstić information content (AvgIpc) is 2.74. The summed E-state index contributed by atoms with van der Waals surface area (Å²) >= 11 is 5.23. The van der Waals surface area contributed by atoms with Crippen molar-refractivity contribution < 1.29 is 9.53 Å². The predicted octanol–water partition coefficient (Wildman–Crippen LogP) is 5.73. The number of carbonyl (C=O) groups is 1. The zero-order valence-corrected chi connectivity index (χ0v) is 16.8. The molecule has 0 heterocycles. The molecule has 28 heavy (non-hydrogen) atoms. The normalized spacial score (nSPS) is 11.0. The Labute approximate surface area is 172 Å². The smallest absolute Gasteiger partial charge is 0.167 e. The van der Waals surface area contributed by atoms with Crippen molar-refractivity contribution in [2.45, 2.75) is 25.2 Å². The minimum Gasteiger partial charge on any atom is -0.487 e. The minimum atomic E-state index is -0.581. The molecule has 0 unspecified atom stereocenters. The number of ether oxygens (including phenoxy) is 1. The van der Waals surface area contributed by atoms with Gasteiger partial charge in [0.15, 0.2) is 5.05 Å². The maximum absolute atomic E-state index is 13.1. The van der Waals surface area contributed by atoms with Gasteiger partial charge in [-0.25, -0.2) is 0 Å². The Morgan fingerprint density at radius 3 is 1.54 bits per heavy atom. The van der Waals surface area contributed by atoms with Crippen molar-refractivity contribution >= 4 is 23.1 Å². The van der Waals surface area contributed by atoms with E-state index in [4.69, 9.17) is 17.0 Å². The van der Waals surface area contributed by atoms with Gasteiger partial charge in [0.2, 0.25) is 0 Å². The largest absolute Gasteiger partial charge is 0.487 e. The lowest BCUT2D eigenvalue weighted by molar-refractivity contribution is -0.118. The first kappa shape index (κ1) is 20.0. The highest BCUT2D eigenvalue weighted by Crippen LogP contribution is 2.42. The van der Waals surface area contributed by atoms with E-state index < -0.39 is 5.41 Å².